The Morgan fingerprint density at radius 3 is 2.61 bits per heavy atom. The first-order chi connectivity index (χ1) is 14.8. The van der Waals surface area contributed by atoms with Crippen LogP contribution >= 0.6 is 24.4 Å². The summed E-state index contributed by atoms with van der Waals surface area (Å²) in [5, 5.41) is 14.1. The third-order valence-corrected chi connectivity index (χ3v) is 6.18. The van der Waals surface area contributed by atoms with Crippen LogP contribution in [-0.4, -0.2) is 50.0 Å². The topological polar surface area (TPSA) is 118 Å². The first-order valence-electron chi connectivity index (χ1n) is 8.92. The molecule has 2 aromatic heterocycles. The van der Waals surface area contributed by atoms with Gasteiger partial charge in [0.25, 0.3) is 0 Å². The Hall–Kier alpha value is -2.77. The van der Waals surface area contributed by atoms with Crippen LogP contribution in [-0.2, 0) is 6.18 Å². The van der Waals surface area contributed by atoms with Gasteiger partial charge in [-0.3, -0.25) is 0 Å². The Bertz CT molecular complexity index is 1230. The van der Waals surface area contributed by atoms with E-state index in [1.165, 1.54) is 18.9 Å². The number of nitrogens with two attached hydrogens (primary N) is 1. The summed E-state index contributed by atoms with van der Waals surface area (Å²) in [5.41, 5.74) is 7.35. The highest BCUT2D eigenvalue weighted by Gasteiger charge is 2.36. The monoisotopic (exact) mass is 467 g/mol. The molecular formula is C18H16F3N7OS2. The number of nitrogens with one attached hydrogen (secondary N) is 2. The molecular weight excluding hydrogens is 451 g/mol. The molecule has 31 heavy (non-hydrogen) atoms. The molecule has 0 fully saturated rings. The average Bonchev–Trinajstić information content (AvgIpc) is 3.42. The van der Waals surface area contributed by atoms with Crippen molar-refractivity contribution >= 4 is 35.4 Å². The van der Waals surface area contributed by atoms with Crippen molar-refractivity contribution in [1.82, 2.24) is 30.6 Å². The van der Waals surface area contributed by atoms with Crippen LogP contribution in [0.5, 0.6) is 5.75 Å². The number of nitrogens with zero attached hydrogens (tertiary/aromatic N) is 4. The van der Waals surface area contributed by atoms with E-state index in [4.69, 9.17) is 10.5 Å². The first kappa shape index (κ1) is 21.5. The van der Waals surface area contributed by atoms with Crippen LogP contribution in [0.3, 0.4) is 0 Å². The predicted octanol–water partition coefficient (Wildman–Crippen LogP) is 3.78. The molecule has 4 aromatic rings. The minimum absolute atomic E-state index is 0.103. The summed E-state index contributed by atoms with van der Waals surface area (Å²) in [6, 6.07) is 6.81. The van der Waals surface area contributed by atoms with Crippen molar-refractivity contribution in [3.8, 4) is 28.3 Å². The van der Waals surface area contributed by atoms with E-state index < -0.39 is 12.0 Å². The molecule has 0 spiro atoms. The number of halogens is 3. The second-order valence-corrected chi connectivity index (χ2v) is 7.91. The van der Waals surface area contributed by atoms with Crippen molar-refractivity contribution in [2.45, 2.75) is 16.0 Å². The molecule has 162 valence electrons. The Balaban J connectivity index is 2.00. The SMILES string of the molecule is COc1ccc(-c2ccc(SCCN)c(S)c2-c2nn[nH]n2)c2nc(C(F)(F)F)[nH]c12. The van der Waals surface area contributed by atoms with Crippen molar-refractivity contribution in [2.24, 2.45) is 5.73 Å². The number of aromatic amines is 2. The van der Waals surface area contributed by atoms with E-state index in [0.29, 0.717) is 33.9 Å². The van der Waals surface area contributed by atoms with Gasteiger partial charge in [0, 0.05) is 33.2 Å². The smallest absolute Gasteiger partial charge is 0.449 e. The zero-order valence-corrected chi connectivity index (χ0v) is 17.7. The molecule has 0 atom stereocenters. The highest BCUT2D eigenvalue weighted by molar-refractivity contribution is 7.99. The predicted molar refractivity (Wildman–Crippen MR) is 113 cm³/mol. The van der Waals surface area contributed by atoms with Crippen molar-refractivity contribution in [3.63, 3.8) is 0 Å². The molecule has 2 aromatic carbocycles. The van der Waals surface area contributed by atoms with Crippen LogP contribution in [0.1, 0.15) is 5.82 Å². The average molecular weight is 468 g/mol. The molecule has 0 amide bonds. The van der Waals surface area contributed by atoms with Gasteiger partial charge in [0.2, 0.25) is 11.6 Å². The van der Waals surface area contributed by atoms with E-state index in [-0.39, 0.29) is 22.6 Å². The highest BCUT2D eigenvalue weighted by atomic mass is 32.2. The molecule has 0 unspecified atom stereocenters. The van der Waals surface area contributed by atoms with Crippen LogP contribution in [0, 0.1) is 0 Å². The molecule has 0 saturated heterocycles. The highest BCUT2D eigenvalue weighted by Crippen LogP contribution is 2.43. The minimum atomic E-state index is -4.64. The van der Waals surface area contributed by atoms with E-state index >= 15 is 0 Å². The summed E-state index contributed by atoms with van der Waals surface area (Å²) in [6.07, 6.45) is -4.64. The lowest BCUT2D eigenvalue weighted by molar-refractivity contribution is -0.144. The molecule has 8 nitrogen and oxygen atoms in total. The third kappa shape index (κ3) is 3.95. The number of thioether (sulfide) groups is 1. The van der Waals surface area contributed by atoms with Gasteiger partial charge in [-0.05, 0) is 29.0 Å². The summed E-state index contributed by atoms with van der Waals surface area (Å²) >= 11 is 6.16. The molecule has 2 heterocycles. The van der Waals surface area contributed by atoms with Gasteiger partial charge in [-0.2, -0.15) is 18.4 Å². The number of rotatable bonds is 6. The fraction of sp³-hybridized carbons (Fsp3) is 0.222. The zero-order valence-electron chi connectivity index (χ0n) is 16.0. The number of aromatic nitrogens is 6. The van der Waals surface area contributed by atoms with Gasteiger partial charge in [-0.1, -0.05) is 6.07 Å². The summed E-state index contributed by atoms with van der Waals surface area (Å²) in [5.74, 6) is 0.0464. The molecule has 0 aliphatic rings. The van der Waals surface area contributed by atoms with Crippen molar-refractivity contribution in [3.05, 3.63) is 30.1 Å². The molecule has 13 heteroatoms. The number of tetrazole rings is 1. The van der Waals surface area contributed by atoms with Crippen LogP contribution in [0.4, 0.5) is 13.2 Å². The fourth-order valence-corrected chi connectivity index (χ4v) is 4.39. The van der Waals surface area contributed by atoms with Crippen LogP contribution in [0.15, 0.2) is 34.1 Å². The number of thiol groups is 1. The van der Waals surface area contributed by atoms with E-state index in [1.807, 2.05) is 6.07 Å². The number of hydrogen-bond donors (Lipinski definition) is 4. The van der Waals surface area contributed by atoms with Crippen LogP contribution < -0.4 is 10.5 Å². The third-order valence-electron chi connectivity index (χ3n) is 4.47. The number of imidazole rings is 1. The van der Waals surface area contributed by atoms with E-state index in [2.05, 4.69) is 43.2 Å². The van der Waals surface area contributed by atoms with Gasteiger partial charge in [-0.25, -0.2) is 4.98 Å². The van der Waals surface area contributed by atoms with Gasteiger partial charge in [0.15, 0.2) is 0 Å². The molecule has 4 rings (SSSR count). The molecule has 0 saturated carbocycles. The second kappa shape index (κ2) is 8.40. The summed E-state index contributed by atoms with van der Waals surface area (Å²) in [7, 11) is 1.38. The Morgan fingerprint density at radius 2 is 1.97 bits per heavy atom. The zero-order chi connectivity index (χ0) is 22.2. The van der Waals surface area contributed by atoms with Gasteiger partial charge < -0.3 is 15.5 Å². The minimum Gasteiger partial charge on any atom is -0.494 e. The number of alkyl halides is 3. The van der Waals surface area contributed by atoms with E-state index in [0.717, 1.165) is 4.90 Å². The van der Waals surface area contributed by atoms with Crippen molar-refractivity contribution < 1.29 is 17.9 Å². The number of fused-ring (bicyclic) bond motifs is 1. The lowest BCUT2D eigenvalue weighted by Crippen LogP contribution is -2.06. The lowest BCUT2D eigenvalue weighted by atomic mass is 9.97. The van der Waals surface area contributed by atoms with Crippen molar-refractivity contribution in [2.75, 3.05) is 19.4 Å². The number of hydrogen-bond acceptors (Lipinski definition) is 8. The summed E-state index contributed by atoms with van der Waals surface area (Å²) in [4.78, 5) is 7.54. The largest absolute Gasteiger partial charge is 0.494 e. The molecule has 0 aliphatic heterocycles. The number of ether oxygens (including phenoxy) is 1. The van der Waals surface area contributed by atoms with Crippen LogP contribution in [0.25, 0.3) is 33.5 Å². The van der Waals surface area contributed by atoms with E-state index in [1.54, 1.807) is 18.2 Å². The van der Waals surface area contributed by atoms with Gasteiger partial charge >= 0.3 is 6.18 Å². The van der Waals surface area contributed by atoms with Crippen molar-refractivity contribution in [1.29, 1.82) is 0 Å². The normalized spacial score (nSPS) is 11.9. The van der Waals surface area contributed by atoms with Gasteiger partial charge in [0.05, 0.1) is 7.11 Å². The quantitative estimate of drug-likeness (QED) is 0.252. The maximum Gasteiger partial charge on any atom is 0.449 e. The van der Waals surface area contributed by atoms with Crippen LogP contribution in [0.2, 0.25) is 0 Å². The number of methoxy groups -OCH3 is 1. The number of H-pyrrole nitrogens is 2. The second-order valence-electron chi connectivity index (χ2n) is 6.33. The number of benzene rings is 2. The maximum atomic E-state index is 13.3. The van der Waals surface area contributed by atoms with Gasteiger partial charge in [0.1, 0.15) is 16.8 Å². The maximum absolute atomic E-state index is 13.3. The summed E-state index contributed by atoms with van der Waals surface area (Å²) in [6.45, 7) is 0.476. The molecule has 0 bridgehead atoms. The fourth-order valence-electron chi connectivity index (χ4n) is 3.17. The first-order valence-corrected chi connectivity index (χ1v) is 10.3. The van der Waals surface area contributed by atoms with Gasteiger partial charge in [-0.15, -0.1) is 34.6 Å². The Morgan fingerprint density at radius 1 is 1.19 bits per heavy atom. The Labute approximate surface area is 183 Å². The molecule has 0 aliphatic carbocycles. The lowest BCUT2D eigenvalue weighted by Gasteiger charge is -2.14. The van der Waals surface area contributed by atoms with E-state index in [9.17, 15) is 13.2 Å². The molecule has 0 radical (unpaired) electrons. The summed E-state index contributed by atoms with van der Waals surface area (Å²) < 4.78 is 45.3. The Kier molecular flexibility index (Phi) is 5.81. The molecule has 4 N–H and O–H groups in total. The standard InChI is InChI=1S/C18H16F3N7OS2/c1-29-10-4-2-9(13-14(10)24-17(23-13)18(19,20)21)8-3-5-11(31-7-6-22)15(30)12(8)16-25-27-28-26-16/h2-5,30H,6-7,22H2,1H3,(H,23,24)(H,25,26,27,28).